The van der Waals surface area contributed by atoms with E-state index in [0.29, 0.717) is 23.5 Å². The topological polar surface area (TPSA) is 57.9 Å². The Balaban J connectivity index is 1.56. The summed E-state index contributed by atoms with van der Waals surface area (Å²) in [5.74, 6) is 0.654. The van der Waals surface area contributed by atoms with Gasteiger partial charge in [-0.2, -0.15) is 5.26 Å². The molecule has 2 unspecified atom stereocenters. The predicted molar refractivity (Wildman–Crippen MR) is 88.0 cm³/mol. The summed E-state index contributed by atoms with van der Waals surface area (Å²) in [6, 6.07) is 16.7. The van der Waals surface area contributed by atoms with Crippen LogP contribution in [0.5, 0.6) is 5.88 Å². The van der Waals surface area contributed by atoms with Gasteiger partial charge in [-0.1, -0.05) is 24.3 Å². The van der Waals surface area contributed by atoms with Crippen LogP contribution >= 0.6 is 0 Å². The molecule has 4 rings (SSSR count). The highest BCUT2D eigenvalue weighted by Gasteiger charge is 2.34. The second kappa shape index (κ2) is 6.02. The van der Waals surface area contributed by atoms with Crippen LogP contribution in [0.3, 0.4) is 0 Å². The Morgan fingerprint density at radius 2 is 1.83 bits per heavy atom. The van der Waals surface area contributed by atoms with Crippen LogP contribution in [0.15, 0.2) is 42.5 Å². The third-order valence-electron chi connectivity index (χ3n) is 4.76. The summed E-state index contributed by atoms with van der Waals surface area (Å²) >= 11 is 0. The van der Waals surface area contributed by atoms with Crippen LogP contribution in [-0.2, 0) is 0 Å². The summed E-state index contributed by atoms with van der Waals surface area (Å²) in [7, 11) is 0. The molecule has 1 aromatic heterocycles. The molecule has 2 aliphatic heterocycles. The lowest BCUT2D eigenvalue weighted by Crippen LogP contribution is -2.42. The first-order valence-electron chi connectivity index (χ1n) is 8.21. The largest absolute Gasteiger partial charge is 0.474 e. The first-order chi connectivity index (χ1) is 11.3. The minimum Gasteiger partial charge on any atom is -0.474 e. The molecule has 0 spiro atoms. The molecule has 116 valence electrons. The van der Waals surface area contributed by atoms with E-state index in [0.717, 1.165) is 24.1 Å². The zero-order valence-corrected chi connectivity index (χ0v) is 12.9. The Morgan fingerprint density at radius 1 is 1.04 bits per heavy atom. The van der Waals surface area contributed by atoms with Crippen LogP contribution in [0.1, 0.15) is 31.2 Å². The van der Waals surface area contributed by atoms with Crippen molar-refractivity contribution in [2.75, 3.05) is 0 Å². The minimum atomic E-state index is 0.239. The summed E-state index contributed by atoms with van der Waals surface area (Å²) in [5, 5.41) is 12.9. The van der Waals surface area contributed by atoms with Gasteiger partial charge in [0.2, 0.25) is 5.88 Å². The van der Waals surface area contributed by atoms with Gasteiger partial charge in [0.05, 0.1) is 17.3 Å². The summed E-state index contributed by atoms with van der Waals surface area (Å²) in [6.45, 7) is 0. The molecular weight excluding hydrogens is 286 g/mol. The van der Waals surface area contributed by atoms with Crippen LogP contribution in [0.25, 0.3) is 11.3 Å². The second-order valence-corrected chi connectivity index (χ2v) is 6.37. The maximum atomic E-state index is 9.26. The predicted octanol–water partition coefficient (Wildman–Crippen LogP) is 3.28. The first kappa shape index (κ1) is 14.2. The van der Waals surface area contributed by atoms with Gasteiger partial charge < -0.3 is 10.1 Å². The van der Waals surface area contributed by atoms with Gasteiger partial charge in [-0.3, -0.25) is 0 Å². The highest BCUT2D eigenvalue weighted by atomic mass is 16.5. The first-order valence-corrected chi connectivity index (χ1v) is 8.21. The van der Waals surface area contributed by atoms with Gasteiger partial charge in [0.15, 0.2) is 0 Å². The van der Waals surface area contributed by atoms with E-state index in [1.165, 1.54) is 12.8 Å². The van der Waals surface area contributed by atoms with Crippen molar-refractivity contribution >= 4 is 0 Å². The summed E-state index contributed by atoms with van der Waals surface area (Å²) in [5.41, 5.74) is 2.28. The van der Waals surface area contributed by atoms with E-state index < -0.39 is 0 Å². The molecule has 2 bridgehead atoms. The number of nitrogens with zero attached hydrogens (tertiary/aromatic N) is 2. The number of ether oxygens (including phenoxy) is 1. The number of nitriles is 1. The smallest absolute Gasteiger partial charge is 0.214 e. The number of rotatable bonds is 3. The van der Waals surface area contributed by atoms with E-state index in [2.05, 4.69) is 16.4 Å². The number of pyridine rings is 1. The standard InChI is InChI=1S/C19H19N3O/c20-12-13-4-1-2-5-17(13)18-6-3-7-19(22-18)23-16-10-14-8-9-15(11-16)21-14/h1-7,14-16,21H,8-11H2. The SMILES string of the molecule is N#Cc1ccccc1-c1cccc(OC2CC3CCC(C2)N3)n1. The van der Waals surface area contributed by atoms with Crippen molar-refractivity contribution in [2.24, 2.45) is 0 Å². The molecule has 0 radical (unpaired) electrons. The van der Waals surface area contributed by atoms with Crippen LogP contribution in [0.4, 0.5) is 0 Å². The van der Waals surface area contributed by atoms with Crippen LogP contribution in [-0.4, -0.2) is 23.2 Å². The molecule has 1 N–H and O–H groups in total. The fourth-order valence-electron chi connectivity index (χ4n) is 3.71. The lowest BCUT2D eigenvalue weighted by atomic mass is 10.0. The number of benzene rings is 1. The van der Waals surface area contributed by atoms with Crippen LogP contribution in [0, 0.1) is 11.3 Å². The normalized spacial score (nSPS) is 25.8. The monoisotopic (exact) mass is 305 g/mol. The van der Waals surface area contributed by atoms with Gasteiger partial charge in [-0.15, -0.1) is 0 Å². The van der Waals surface area contributed by atoms with Gasteiger partial charge in [-0.25, -0.2) is 4.98 Å². The van der Waals surface area contributed by atoms with Crippen molar-refractivity contribution in [2.45, 2.75) is 43.9 Å². The van der Waals surface area contributed by atoms with Crippen molar-refractivity contribution in [3.05, 3.63) is 48.0 Å². The number of nitrogens with one attached hydrogen (secondary N) is 1. The Hall–Kier alpha value is -2.38. The van der Waals surface area contributed by atoms with Gasteiger partial charge in [-0.05, 0) is 37.8 Å². The summed E-state index contributed by atoms with van der Waals surface area (Å²) in [6.07, 6.45) is 4.86. The van der Waals surface area contributed by atoms with E-state index in [1.807, 2.05) is 42.5 Å². The molecule has 23 heavy (non-hydrogen) atoms. The fourth-order valence-corrected chi connectivity index (χ4v) is 3.71. The second-order valence-electron chi connectivity index (χ2n) is 6.37. The minimum absolute atomic E-state index is 0.239. The van der Waals surface area contributed by atoms with Crippen LogP contribution in [0.2, 0.25) is 0 Å². The molecule has 0 saturated carbocycles. The molecule has 0 amide bonds. The molecule has 2 atom stereocenters. The quantitative estimate of drug-likeness (QED) is 0.945. The van der Waals surface area contributed by atoms with Gasteiger partial charge in [0, 0.05) is 23.7 Å². The van der Waals surface area contributed by atoms with E-state index >= 15 is 0 Å². The molecule has 1 aromatic carbocycles. The van der Waals surface area contributed by atoms with Crippen molar-refractivity contribution in [1.29, 1.82) is 5.26 Å². The zero-order valence-electron chi connectivity index (χ0n) is 12.9. The van der Waals surface area contributed by atoms with Gasteiger partial charge in [0.25, 0.3) is 0 Å². The van der Waals surface area contributed by atoms with Crippen molar-refractivity contribution in [3.63, 3.8) is 0 Å². The fraction of sp³-hybridized carbons (Fsp3) is 0.368. The van der Waals surface area contributed by atoms with Crippen molar-refractivity contribution in [3.8, 4) is 23.2 Å². The average Bonchev–Trinajstić information content (AvgIpc) is 2.93. The summed E-state index contributed by atoms with van der Waals surface area (Å²) in [4.78, 5) is 4.62. The highest BCUT2D eigenvalue weighted by molar-refractivity contribution is 5.67. The van der Waals surface area contributed by atoms with E-state index in [9.17, 15) is 5.26 Å². The lowest BCUT2D eigenvalue weighted by Gasteiger charge is -2.29. The van der Waals surface area contributed by atoms with Crippen molar-refractivity contribution < 1.29 is 4.74 Å². The molecule has 2 fully saturated rings. The van der Waals surface area contributed by atoms with E-state index in [-0.39, 0.29) is 6.10 Å². The number of piperidine rings is 1. The maximum absolute atomic E-state index is 9.26. The van der Waals surface area contributed by atoms with Crippen LogP contribution < -0.4 is 10.1 Å². The average molecular weight is 305 g/mol. The van der Waals surface area contributed by atoms with E-state index in [4.69, 9.17) is 4.74 Å². The third-order valence-corrected chi connectivity index (χ3v) is 4.76. The molecule has 3 heterocycles. The molecule has 2 aliphatic rings. The molecule has 4 nitrogen and oxygen atoms in total. The Labute approximate surface area is 136 Å². The number of fused-ring (bicyclic) bond motifs is 2. The maximum Gasteiger partial charge on any atom is 0.214 e. The Bertz CT molecular complexity index is 740. The van der Waals surface area contributed by atoms with Gasteiger partial charge in [0.1, 0.15) is 6.10 Å². The van der Waals surface area contributed by atoms with E-state index in [1.54, 1.807) is 0 Å². The number of hydrogen-bond donors (Lipinski definition) is 1. The Morgan fingerprint density at radius 3 is 2.61 bits per heavy atom. The van der Waals surface area contributed by atoms with Gasteiger partial charge >= 0.3 is 0 Å². The Kier molecular flexibility index (Phi) is 3.72. The third kappa shape index (κ3) is 2.93. The molecular formula is C19H19N3O. The molecule has 4 heteroatoms. The molecule has 0 aliphatic carbocycles. The number of hydrogen-bond acceptors (Lipinski definition) is 4. The van der Waals surface area contributed by atoms with Crippen molar-refractivity contribution in [1.82, 2.24) is 10.3 Å². The molecule has 2 aromatic rings. The molecule has 2 saturated heterocycles. The summed E-state index contributed by atoms with van der Waals surface area (Å²) < 4.78 is 6.14. The zero-order chi connectivity index (χ0) is 15.6. The number of aromatic nitrogens is 1. The highest BCUT2D eigenvalue weighted by Crippen LogP contribution is 2.30. The lowest BCUT2D eigenvalue weighted by molar-refractivity contribution is 0.132.